The van der Waals surface area contributed by atoms with Crippen LogP contribution in [0.5, 0.6) is 0 Å². The Morgan fingerprint density at radius 1 is 1.33 bits per heavy atom. The van der Waals surface area contributed by atoms with Crippen molar-refractivity contribution in [2.45, 2.75) is 18.0 Å². The molecule has 1 aromatic rings. The van der Waals surface area contributed by atoms with Gasteiger partial charge in [-0.25, -0.2) is 4.79 Å². The summed E-state index contributed by atoms with van der Waals surface area (Å²) < 4.78 is 14.1. The molecule has 2 rings (SSSR count). The van der Waals surface area contributed by atoms with Crippen molar-refractivity contribution in [2.75, 3.05) is 4.90 Å². The van der Waals surface area contributed by atoms with Gasteiger partial charge >= 0.3 is 6.03 Å². The number of urea groups is 1. The zero-order chi connectivity index (χ0) is 15.7. The highest BCUT2D eigenvalue weighted by molar-refractivity contribution is 7.79. The summed E-state index contributed by atoms with van der Waals surface area (Å²) >= 11 is 22.3. The van der Waals surface area contributed by atoms with Crippen molar-refractivity contribution in [1.82, 2.24) is 10.2 Å². The van der Waals surface area contributed by atoms with E-state index in [9.17, 15) is 9.28 Å². The molecule has 1 aliphatic heterocycles. The van der Waals surface area contributed by atoms with Crippen LogP contribution in [0, 0.1) is 5.92 Å². The van der Waals surface area contributed by atoms with Crippen LogP contribution < -0.4 is 4.90 Å². The Hall–Kier alpha value is -0.660. The molecule has 1 fully saturated rings. The topological polar surface area (TPSA) is 26.8 Å². The molecule has 114 valence electrons. The van der Waals surface area contributed by atoms with Crippen LogP contribution >= 0.6 is 47.0 Å². The van der Waals surface area contributed by atoms with Gasteiger partial charge < -0.3 is 0 Å². The Kier molecular flexibility index (Phi) is 5.27. The van der Waals surface area contributed by atoms with Gasteiger partial charge in [-0.3, -0.25) is 4.90 Å². The summed E-state index contributed by atoms with van der Waals surface area (Å²) in [5, 5.41) is 2.77. The minimum atomic E-state index is -1.24. The number of carbonyl (C=O) groups is 1. The van der Waals surface area contributed by atoms with Crippen molar-refractivity contribution in [3.05, 3.63) is 29.3 Å². The van der Waals surface area contributed by atoms with Crippen molar-refractivity contribution in [2.24, 2.45) is 5.92 Å². The second-order valence-electron chi connectivity index (χ2n) is 4.46. The Balaban J connectivity index is 2.47. The van der Waals surface area contributed by atoms with Gasteiger partial charge in [0.05, 0.1) is 0 Å². The molecule has 21 heavy (non-hydrogen) atoms. The molecule has 1 aromatic carbocycles. The van der Waals surface area contributed by atoms with Crippen molar-refractivity contribution >= 4 is 64.1 Å². The third-order valence-electron chi connectivity index (χ3n) is 3.09. The molecule has 1 saturated heterocycles. The predicted octanol–water partition coefficient (Wildman–Crippen LogP) is 4.41. The van der Waals surface area contributed by atoms with Crippen LogP contribution in [0.4, 0.5) is 15.0 Å². The van der Waals surface area contributed by atoms with E-state index in [0.29, 0.717) is 10.7 Å². The summed E-state index contributed by atoms with van der Waals surface area (Å²) in [5.41, 5.74) is 0.470. The number of halogens is 4. The lowest BCUT2D eigenvalue weighted by Crippen LogP contribution is -2.47. The lowest BCUT2D eigenvalue weighted by molar-refractivity contribution is -0.115. The number of rotatable bonds is 4. The van der Waals surface area contributed by atoms with E-state index in [4.69, 9.17) is 47.0 Å². The third-order valence-corrected chi connectivity index (χ3v) is 4.17. The van der Waals surface area contributed by atoms with Gasteiger partial charge in [-0.05, 0) is 29.6 Å². The fourth-order valence-electron chi connectivity index (χ4n) is 2.13. The zero-order valence-electron chi connectivity index (χ0n) is 10.8. The molecule has 1 heterocycles. The van der Waals surface area contributed by atoms with Crippen LogP contribution in [0.15, 0.2) is 24.3 Å². The average molecular weight is 371 g/mol. The van der Waals surface area contributed by atoms with E-state index in [1.165, 1.54) is 10.3 Å². The van der Waals surface area contributed by atoms with Gasteiger partial charge in [0.15, 0.2) is 4.96 Å². The Labute approximate surface area is 141 Å². The van der Waals surface area contributed by atoms with Gasteiger partial charge in [-0.1, -0.05) is 63.7 Å². The number of amides is 2. The molecule has 4 nitrogen and oxygen atoms in total. The molecule has 2 atom stereocenters. The van der Waals surface area contributed by atoms with E-state index >= 15 is 0 Å². The highest BCUT2D eigenvalue weighted by atomic mass is 35.5. The average Bonchev–Trinajstić information content (AvgIpc) is 2.72. The maximum absolute atomic E-state index is 14.1. The Morgan fingerprint density at radius 2 is 1.90 bits per heavy atom. The number of carbonyl (C=O) groups excluding carboxylic acids is 1. The van der Waals surface area contributed by atoms with Gasteiger partial charge in [0.1, 0.15) is 6.17 Å². The minimum Gasteiger partial charge on any atom is -0.272 e. The van der Waals surface area contributed by atoms with Gasteiger partial charge in [0, 0.05) is 16.6 Å². The molecular weight excluding hydrogens is 360 g/mol. The highest BCUT2D eigenvalue weighted by Gasteiger charge is 2.50. The SMILES string of the molecule is CC(C=S)C1N(c2ccc(Cl)cc2)C(=O)N(F)N1C(Cl)Cl. The highest BCUT2D eigenvalue weighted by Crippen LogP contribution is 2.35. The quantitative estimate of drug-likeness (QED) is 0.340. The molecule has 0 radical (unpaired) electrons. The summed E-state index contributed by atoms with van der Waals surface area (Å²) in [7, 11) is 0. The fourth-order valence-corrected chi connectivity index (χ4v) is 2.78. The first kappa shape index (κ1) is 16.7. The van der Waals surface area contributed by atoms with Gasteiger partial charge in [0.25, 0.3) is 0 Å². The molecule has 0 bridgehead atoms. The monoisotopic (exact) mass is 369 g/mol. The van der Waals surface area contributed by atoms with E-state index in [0.717, 1.165) is 5.01 Å². The first-order valence-electron chi connectivity index (χ1n) is 5.95. The van der Waals surface area contributed by atoms with Crippen LogP contribution in [0.1, 0.15) is 6.92 Å². The van der Waals surface area contributed by atoms with Crippen molar-refractivity contribution in [1.29, 1.82) is 0 Å². The smallest absolute Gasteiger partial charge is 0.272 e. The first-order valence-corrected chi connectivity index (χ1v) is 7.67. The zero-order valence-corrected chi connectivity index (χ0v) is 13.9. The van der Waals surface area contributed by atoms with Crippen molar-refractivity contribution in [3.63, 3.8) is 0 Å². The summed E-state index contributed by atoms with van der Waals surface area (Å²) in [4.78, 5) is 12.2. The fraction of sp³-hybridized carbons (Fsp3) is 0.333. The standard InChI is InChI=1S/C12H11Cl3FN3OS/c1-7(6-21)10-17(9-4-2-8(13)3-5-9)12(20)19(16)18(10)11(14)15/h2-7,10-11H,1H3. The number of hydrogen-bond acceptors (Lipinski definition) is 3. The number of alkyl halides is 2. The van der Waals surface area contributed by atoms with Crippen molar-refractivity contribution in [3.8, 4) is 0 Å². The normalized spacial score (nSPS) is 21.2. The van der Waals surface area contributed by atoms with E-state index in [-0.39, 0.29) is 11.1 Å². The lowest BCUT2D eigenvalue weighted by atomic mass is 10.1. The van der Waals surface area contributed by atoms with Gasteiger partial charge in [0.2, 0.25) is 0 Å². The molecule has 0 aliphatic carbocycles. The van der Waals surface area contributed by atoms with Gasteiger partial charge in [-0.15, -0.1) is 5.01 Å². The van der Waals surface area contributed by atoms with Crippen LogP contribution in [-0.4, -0.2) is 32.8 Å². The minimum absolute atomic E-state index is 0.0979. The maximum atomic E-state index is 14.1. The number of hydrogen-bond donors (Lipinski definition) is 0. The number of hydrazine groups is 1. The second-order valence-corrected chi connectivity index (χ2v) is 6.21. The number of benzene rings is 1. The number of anilines is 1. The van der Waals surface area contributed by atoms with E-state index in [1.54, 1.807) is 31.2 Å². The summed E-state index contributed by atoms with van der Waals surface area (Å²) in [6.07, 6.45) is -0.763. The number of nitrogens with zero attached hydrogens (tertiary/aromatic N) is 3. The lowest BCUT2D eigenvalue weighted by Gasteiger charge is -2.31. The molecule has 2 amide bonds. The number of thiocarbonyl (C=S) groups is 1. The van der Waals surface area contributed by atoms with Gasteiger partial charge in [-0.2, -0.15) is 0 Å². The van der Waals surface area contributed by atoms with Crippen LogP contribution in [-0.2, 0) is 0 Å². The predicted molar refractivity (Wildman–Crippen MR) is 86.2 cm³/mol. The third kappa shape index (κ3) is 3.10. The first-order chi connectivity index (χ1) is 9.88. The van der Waals surface area contributed by atoms with E-state index in [2.05, 4.69) is 0 Å². The molecule has 0 N–H and O–H groups in total. The summed E-state index contributed by atoms with van der Waals surface area (Å²) in [6, 6.07) is 5.54. The Morgan fingerprint density at radius 3 is 2.38 bits per heavy atom. The molecule has 9 heteroatoms. The second kappa shape index (κ2) is 6.62. The Bertz CT molecular complexity index is 545. The van der Waals surface area contributed by atoms with Crippen LogP contribution in [0.3, 0.4) is 0 Å². The summed E-state index contributed by atoms with van der Waals surface area (Å²) in [6.45, 7) is 1.75. The van der Waals surface area contributed by atoms with Crippen LogP contribution in [0.25, 0.3) is 0 Å². The van der Waals surface area contributed by atoms with E-state index in [1.807, 2.05) is 0 Å². The molecule has 1 aliphatic rings. The van der Waals surface area contributed by atoms with E-state index < -0.39 is 17.2 Å². The van der Waals surface area contributed by atoms with Crippen LogP contribution in [0.2, 0.25) is 5.02 Å². The molecule has 0 aromatic heterocycles. The largest absolute Gasteiger partial charge is 0.369 e. The molecule has 0 spiro atoms. The molecular formula is C12H11Cl3FN3OS. The molecule has 0 saturated carbocycles. The molecule has 2 unspecified atom stereocenters. The van der Waals surface area contributed by atoms with Crippen molar-refractivity contribution < 1.29 is 9.28 Å². The maximum Gasteiger partial charge on any atom is 0.369 e. The summed E-state index contributed by atoms with van der Waals surface area (Å²) in [5.74, 6) is -0.347.